The van der Waals surface area contributed by atoms with Crippen LogP contribution in [0.1, 0.15) is 117 Å². The van der Waals surface area contributed by atoms with E-state index >= 15 is 0 Å². The molecule has 0 amide bonds. The summed E-state index contributed by atoms with van der Waals surface area (Å²) in [4.78, 5) is 0. The van der Waals surface area contributed by atoms with E-state index in [-0.39, 0.29) is 30.3 Å². The van der Waals surface area contributed by atoms with E-state index in [1.54, 1.807) is 44.6 Å². The third-order valence-electron chi connectivity index (χ3n) is 12.4. The van der Waals surface area contributed by atoms with Crippen molar-refractivity contribution in [2.45, 2.75) is 108 Å². The fraction of sp³-hybridized carbons (Fsp3) is 0.500. The van der Waals surface area contributed by atoms with Crippen LogP contribution in [-0.2, 0) is 11.2 Å². The number of ether oxygens (including phenoxy) is 5. The fourth-order valence-corrected chi connectivity index (χ4v) is 9.46. The monoisotopic (exact) mass is 795 g/mol. The molecule has 10 heteroatoms. The van der Waals surface area contributed by atoms with E-state index in [0.717, 1.165) is 79.2 Å². The summed E-state index contributed by atoms with van der Waals surface area (Å²) < 4.78 is 31.6. The molecule has 10 nitrogen and oxygen atoms in total. The van der Waals surface area contributed by atoms with Gasteiger partial charge >= 0.3 is 0 Å². The van der Waals surface area contributed by atoms with Gasteiger partial charge in [0, 0.05) is 60.3 Å². The van der Waals surface area contributed by atoms with Gasteiger partial charge in [-0.05, 0) is 117 Å². The molecule has 0 spiro atoms. The van der Waals surface area contributed by atoms with Crippen LogP contribution in [0.3, 0.4) is 0 Å². The third-order valence-corrected chi connectivity index (χ3v) is 12.4. The zero-order valence-electron chi connectivity index (χ0n) is 34.4. The van der Waals surface area contributed by atoms with Gasteiger partial charge in [0.1, 0.15) is 40.6 Å². The number of methoxy groups -OCH3 is 2. The molecule has 312 valence electrons. The second kappa shape index (κ2) is 19.1. The Morgan fingerprint density at radius 2 is 1.67 bits per heavy atom. The Morgan fingerprint density at radius 3 is 2.41 bits per heavy atom. The predicted octanol–water partition coefficient (Wildman–Crippen LogP) is 9.11. The van der Waals surface area contributed by atoms with Crippen molar-refractivity contribution in [2.75, 3.05) is 34.5 Å². The van der Waals surface area contributed by atoms with Gasteiger partial charge in [0.2, 0.25) is 0 Å². The van der Waals surface area contributed by atoms with Crippen molar-refractivity contribution in [3.63, 3.8) is 0 Å². The summed E-state index contributed by atoms with van der Waals surface area (Å²) in [6.07, 6.45) is 7.85. The summed E-state index contributed by atoms with van der Waals surface area (Å²) in [5.74, 6) is 1.79. The molecule has 7 rings (SSSR count). The minimum atomic E-state index is -1.01. The van der Waals surface area contributed by atoms with Crippen molar-refractivity contribution in [2.24, 2.45) is 11.8 Å². The summed E-state index contributed by atoms with van der Waals surface area (Å²) in [6.45, 7) is 2.89. The molecule has 1 aliphatic carbocycles. The number of aromatic hydroxyl groups is 2. The van der Waals surface area contributed by atoms with Crippen molar-refractivity contribution in [3.05, 3.63) is 94.5 Å². The van der Waals surface area contributed by atoms with Gasteiger partial charge in [-0.1, -0.05) is 44.4 Å². The molecule has 2 aliphatic heterocycles. The number of rotatable bonds is 17. The summed E-state index contributed by atoms with van der Waals surface area (Å²) in [5.41, 5.74) is 5.56. The first-order valence-corrected chi connectivity index (χ1v) is 21.2. The van der Waals surface area contributed by atoms with Gasteiger partial charge in [-0.25, -0.2) is 0 Å². The Hall–Kier alpha value is -4.48. The lowest BCUT2D eigenvalue weighted by Crippen LogP contribution is -2.46. The first kappa shape index (κ1) is 41.7. The van der Waals surface area contributed by atoms with Crippen LogP contribution in [0, 0.1) is 11.8 Å². The fourth-order valence-electron chi connectivity index (χ4n) is 9.46. The molecule has 0 aromatic heterocycles. The summed E-state index contributed by atoms with van der Waals surface area (Å²) >= 11 is 0. The second-order valence-electron chi connectivity index (χ2n) is 16.3. The summed E-state index contributed by atoms with van der Waals surface area (Å²) in [5, 5.41) is 49.4. The Bertz CT molecular complexity index is 1990. The highest BCUT2D eigenvalue weighted by atomic mass is 16.5. The number of fused-ring (bicyclic) bond motifs is 2. The standard InChI is InChI=1S/C48H61NO9/c1-5-6-7-16-41(49-2)37-26-44-38(27-43(37)55-4)47(53)45(42(58-44)17-11-20-54-3)40-28-56-48-31(24-35(25-39(48)46(40)52)57-34-14-8-9-15-34)21-30-23-33(51)18-19-36(30)29-12-10-13-32(50)22-29/h10,12-13,18-19,22-27,34,40-42,45-47,49-53H,5-9,11,14-17,20-21,28H2,1-4H3/t40-,41-,42+,45+,46+,47-/m0/s1. The van der Waals surface area contributed by atoms with Crippen molar-refractivity contribution in [1.82, 2.24) is 5.32 Å². The zero-order chi connectivity index (χ0) is 40.8. The van der Waals surface area contributed by atoms with Crippen molar-refractivity contribution in [3.8, 4) is 45.6 Å². The number of unbranched alkanes of at least 4 members (excludes halogenated alkanes) is 2. The number of benzene rings is 4. The maximum Gasteiger partial charge on any atom is 0.128 e. The molecular formula is C48H61NO9. The van der Waals surface area contributed by atoms with Crippen LogP contribution in [0.25, 0.3) is 11.1 Å². The van der Waals surface area contributed by atoms with Crippen molar-refractivity contribution in [1.29, 1.82) is 0 Å². The number of hydrogen-bond donors (Lipinski definition) is 5. The molecule has 0 unspecified atom stereocenters. The molecule has 0 bridgehead atoms. The van der Waals surface area contributed by atoms with E-state index in [9.17, 15) is 20.4 Å². The third kappa shape index (κ3) is 9.05. The smallest absolute Gasteiger partial charge is 0.128 e. The lowest BCUT2D eigenvalue weighted by Gasteiger charge is -2.45. The van der Waals surface area contributed by atoms with E-state index < -0.39 is 30.1 Å². The number of hydrogen-bond acceptors (Lipinski definition) is 10. The quantitative estimate of drug-likeness (QED) is 0.0658. The molecule has 4 aromatic carbocycles. The van der Waals surface area contributed by atoms with Gasteiger partial charge in [-0.2, -0.15) is 0 Å². The molecule has 6 atom stereocenters. The molecular weight excluding hydrogens is 735 g/mol. The van der Waals surface area contributed by atoms with E-state index in [1.807, 2.05) is 43.4 Å². The van der Waals surface area contributed by atoms with E-state index in [2.05, 4.69) is 12.2 Å². The Kier molecular flexibility index (Phi) is 13.7. The lowest BCUT2D eigenvalue weighted by atomic mass is 9.72. The van der Waals surface area contributed by atoms with Crippen LogP contribution in [0.4, 0.5) is 0 Å². The van der Waals surface area contributed by atoms with Crippen LogP contribution in [0.5, 0.6) is 34.5 Å². The zero-order valence-corrected chi connectivity index (χ0v) is 34.4. The molecule has 2 heterocycles. The summed E-state index contributed by atoms with van der Waals surface area (Å²) in [6, 6.07) is 20.2. The molecule has 1 saturated carbocycles. The topological polar surface area (TPSA) is 139 Å². The lowest BCUT2D eigenvalue weighted by molar-refractivity contribution is -0.0890. The molecule has 0 saturated heterocycles. The van der Waals surface area contributed by atoms with E-state index in [4.69, 9.17) is 23.7 Å². The average Bonchev–Trinajstić information content (AvgIpc) is 3.73. The Morgan fingerprint density at radius 1 is 0.862 bits per heavy atom. The van der Waals surface area contributed by atoms with Crippen molar-refractivity contribution >= 4 is 0 Å². The van der Waals surface area contributed by atoms with E-state index in [1.165, 1.54) is 0 Å². The highest BCUT2D eigenvalue weighted by molar-refractivity contribution is 5.70. The minimum absolute atomic E-state index is 0.0629. The minimum Gasteiger partial charge on any atom is -0.508 e. The molecule has 5 N–H and O–H groups in total. The van der Waals surface area contributed by atoms with Gasteiger partial charge in [0.25, 0.3) is 0 Å². The molecule has 1 fully saturated rings. The number of phenols is 2. The van der Waals surface area contributed by atoms with Crippen LogP contribution in [0.15, 0.2) is 66.7 Å². The molecule has 3 aliphatic rings. The maximum atomic E-state index is 12.5. The van der Waals surface area contributed by atoms with Gasteiger partial charge in [0.15, 0.2) is 0 Å². The van der Waals surface area contributed by atoms with Crippen LogP contribution < -0.4 is 24.3 Å². The predicted molar refractivity (Wildman–Crippen MR) is 224 cm³/mol. The second-order valence-corrected chi connectivity index (χ2v) is 16.3. The largest absolute Gasteiger partial charge is 0.508 e. The molecule has 0 radical (unpaired) electrons. The average molecular weight is 796 g/mol. The van der Waals surface area contributed by atoms with Crippen LogP contribution in [0.2, 0.25) is 0 Å². The SMILES string of the molecule is CCCCC[C@H](NC)c1cc2c(cc1OC)[C@H](O)[C@H]([C@@H]1COc3c(Cc4cc(O)ccc4-c4cccc(O)c4)cc(OC4CCCC4)cc3[C@H]1O)[C@@H](CCCOC)O2. The van der Waals surface area contributed by atoms with Crippen molar-refractivity contribution < 1.29 is 44.1 Å². The first-order chi connectivity index (χ1) is 28.2. The number of aliphatic hydroxyl groups is 2. The molecule has 58 heavy (non-hydrogen) atoms. The van der Waals surface area contributed by atoms with Crippen LogP contribution >= 0.6 is 0 Å². The van der Waals surface area contributed by atoms with Gasteiger partial charge < -0.3 is 49.4 Å². The first-order valence-electron chi connectivity index (χ1n) is 21.2. The van der Waals surface area contributed by atoms with Gasteiger partial charge in [-0.3, -0.25) is 0 Å². The molecule has 4 aromatic rings. The number of nitrogens with one attached hydrogen (secondary N) is 1. The Balaban J connectivity index is 1.26. The van der Waals surface area contributed by atoms with Crippen LogP contribution in [-0.4, -0.2) is 67.1 Å². The van der Waals surface area contributed by atoms with E-state index in [0.29, 0.717) is 60.0 Å². The highest BCUT2D eigenvalue weighted by Crippen LogP contribution is 2.52. The maximum absolute atomic E-state index is 12.5. The number of aliphatic hydroxyl groups excluding tert-OH is 2. The normalized spacial score (nSPS) is 22.1. The van der Waals surface area contributed by atoms with Gasteiger partial charge in [-0.15, -0.1) is 0 Å². The number of phenolic OH excluding ortho intramolecular Hbond substituents is 2. The van der Waals surface area contributed by atoms with Gasteiger partial charge in [0.05, 0.1) is 32.0 Å². The highest BCUT2D eigenvalue weighted by Gasteiger charge is 2.48. The summed E-state index contributed by atoms with van der Waals surface area (Å²) in [7, 11) is 5.30. The Labute approximate surface area is 343 Å².